The fraction of sp³-hybridized carbons (Fsp3) is 0. The third kappa shape index (κ3) is 2.64. The van der Waals surface area contributed by atoms with Gasteiger partial charge in [-0.25, -0.2) is 0 Å². The number of aromatic hydroxyl groups is 3. The third-order valence-corrected chi connectivity index (χ3v) is 2.44. The molecule has 0 heterocycles. The molecule has 0 fully saturated rings. The van der Waals surface area contributed by atoms with Crippen molar-refractivity contribution < 1.29 is 20.2 Å². The van der Waals surface area contributed by atoms with Gasteiger partial charge in [0.2, 0.25) is 5.75 Å². The number of nitro groups is 1. The average molecular weight is 275 g/mol. The zero-order valence-corrected chi connectivity index (χ0v) is 9.96. The Kier molecular flexibility index (Phi) is 3.47. The lowest BCUT2D eigenvalue weighted by Crippen LogP contribution is -1.85. The summed E-state index contributed by atoms with van der Waals surface area (Å²) in [5.41, 5.74) is 0.218. The molecule has 0 amide bonds. The second-order valence-electron chi connectivity index (χ2n) is 3.77. The molecule has 0 unspecified atom stereocenters. The van der Waals surface area contributed by atoms with Crippen molar-refractivity contribution in [3.63, 3.8) is 0 Å². The van der Waals surface area contributed by atoms with Gasteiger partial charge >= 0.3 is 0 Å². The number of hydrogen-bond donors (Lipinski definition) is 3. The highest BCUT2D eigenvalue weighted by molar-refractivity contribution is 5.63. The van der Waals surface area contributed by atoms with E-state index in [1.165, 1.54) is 30.3 Å². The second-order valence-corrected chi connectivity index (χ2v) is 3.77. The highest BCUT2D eigenvalue weighted by Crippen LogP contribution is 2.42. The molecule has 0 radical (unpaired) electrons. The van der Waals surface area contributed by atoms with Gasteiger partial charge in [-0.3, -0.25) is 10.1 Å². The van der Waals surface area contributed by atoms with Gasteiger partial charge in [-0.15, -0.1) is 5.11 Å². The van der Waals surface area contributed by atoms with Crippen LogP contribution in [0.1, 0.15) is 0 Å². The van der Waals surface area contributed by atoms with Crippen LogP contribution in [0.3, 0.4) is 0 Å². The van der Waals surface area contributed by atoms with Crippen molar-refractivity contribution in [2.45, 2.75) is 0 Å². The zero-order valence-electron chi connectivity index (χ0n) is 9.96. The summed E-state index contributed by atoms with van der Waals surface area (Å²) in [4.78, 5) is 9.94. The number of benzene rings is 2. The molecule has 8 heteroatoms. The van der Waals surface area contributed by atoms with E-state index in [1.807, 2.05) is 0 Å². The van der Waals surface area contributed by atoms with Crippen LogP contribution < -0.4 is 0 Å². The van der Waals surface area contributed by atoms with Gasteiger partial charge in [0.15, 0.2) is 11.5 Å². The van der Waals surface area contributed by atoms with Gasteiger partial charge in [0.05, 0.1) is 10.6 Å². The van der Waals surface area contributed by atoms with E-state index in [0.717, 1.165) is 6.07 Å². The first-order valence-electron chi connectivity index (χ1n) is 5.39. The van der Waals surface area contributed by atoms with Gasteiger partial charge in [0.1, 0.15) is 5.69 Å². The number of rotatable bonds is 3. The minimum atomic E-state index is -0.690. The van der Waals surface area contributed by atoms with E-state index in [0.29, 0.717) is 5.69 Å². The smallest absolute Gasteiger partial charge is 0.269 e. The predicted molar refractivity (Wildman–Crippen MR) is 68.7 cm³/mol. The van der Waals surface area contributed by atoms with Crippen LogP contribution in [0.25, 0.3) is 0 Å². The third-order valence-electron chi connectivity index (χ3n) is 2.44. The molecule has 2 rings (SSSR count). The van der Waals surface area contributed by atoms with Gasteiger partial charge in [0, 0.05) is 12.1 Å². The Morgan fingerprint density at radius 3 is 2.15 bits per heavy atom. The average Bonchev–Trinajstić information content (AvgIpc) is 2.44. The van der Waals surface area contributed by atoms with Crippen LogP contribution in [-0.2, 0) is 0 Å². The summed E-state index contributed by atoms with van der Waals surface area (Å²) in [6.45, 7) is 0. The maximum absolute atomic E-state index is 10.5. The van der Waals surface area contributed by atoms with Gasteiger partial charge in [0.25, 0.3) is 5.69 Å². The summed E-state index contributed by atoms with van der Waals surface area (Å²) < 4.78 is 0. The fourth-order valence-electron chi connectivity index (χ4n) is 1.39. The summed E-state index contributed by atoms with van der Waals surface area (Å²) in [5, 5.41) is 45.9. The molecule has 102 valence electrons. The van der Waals surface area contributed by atoms with Crippen molar-refractivity contribution in [2.24, 2.45) is 10.2 Å². The molecule has 3 N–H and O–H groups in total. The molecule has 0 bridgehead atoms. The molecular weight excluding hydrogens is 266 g/mol. The first-order chi connectivity index (χ1) is 9.49. The molecule has 2 aromatic rings. The summed E-state index contributed by atoms with van der Waals surface area (Å²) >= 11 is 0. The van der Waals surface area contributed by atoms with E-state index in [2.05, 4.69) is 10.2 Å². The zero-order chi connectivity index (χ0) is 14.7. The molecule has 2 aromatic carbocycles. The van der Waals surface area contributed by atoms with Crippen LogP contribution in [-0.4, -0.2) is 20.2 Å². The molecule has 0 saturated heterocycles. The largest absolute Gasteiger partial charge is 0.504 e. The second kappa shape index (κ2) is 5.22. The standard InChI is InChI=1S/C12H9N3O5/c16-10-6-5-9(11(17)12(10)18)14-13-7-1-3-8(4-2-7)15(19)20/h1-6,16-18H. The molecule has 0 aliphatic rings. The number of phenols is 3. The Morgan fingerprint density at radius 2 is 1.55 bits per heavy atom. The number of non-ortho nitro benzene ring substituents is 1. The molecule has 0 aliphatic carbocycles. The lowest BCUT2D eigenvalue weighted by molar-refractivity contribution is -0.384. The minimum Gasteiger partial charge on any atom is -0.504 e. The van der Waals surface area contributed by atoms with Crippen molar-refractivity contribution in [3.8, 4) is 17.2 Å². The Hall–Kier alpha value is -3.16. The Labute approximate surface area is 112 Å². The molecule has 0 aromatic heterocycles. The minimum absolute atomic E-state index is 0.0429. The number of hydrogen-bond acceptors (Lipinski definition) is 7. The lowest BCUT2D eigenvalue weighted by Gasteiger charge is -2.02. The normalized spacial score (nSPS) is 10.8. The number of phenolic OH excluding ortho intramolecular Hbond substituents is 3. The summed E-state index contributed by atoms with van der Waals surface area (Å²) in [6.07, 6.45) is 0. The maximum atomic E-state index is 10.5. The van der Waals surface area contributed by atoms with Crippen LogP contribution in [0, 0.1) is 10.1 Å². The van der Waals surface area contributed by atoms with E-state index in [1.54, 1.807) is 0 Å². The summed E-state index contributed by atoms with van der Waals surface area (Å²) in [5.74, 6) is -1.77. The highest BCUT2D eigenvalue weighted by atomic mass is 16.6. The SMILES string of the molecule is O=[N+]([O-])c1ccc(N=Nc2ccc(O)c(O)c2O)cc1. The van der Waals surface area contributed by atoms with E-state index >= 15 is 0 Å². The summed E-state index contributed by atoms with van der Waals surface area (Å²) in [7, 11) is 0. The monoisotopic (exact) mass is 275 g/mol. The van der Waals surface area contributed by atoms with Crippen molar-refractivity contribution in [1.82, 2.24) is 0 Å². The van der Waals surface area contributed by atoms with Crippen molar-refractivity contribution >= 4 is 17.1 Å². The van der Waals surface area contributed by atoms with E-state index < -0.39 is 22.2 Å². The first-order valence-corrected chi connectivity index (χ1v) is 5.39. The van der Waals surface area contributed by atoms with Gasteiger partial charge in [-0.2, -0.15) is 5.11 Å². The van der Waals surface area contributed by atoms with Crippen LogP contribution in [0.5, 0.6) is 17.2 Å². The van der Waals surface area contributed by atoms with Crippen molar-refractivity contribution in [3.05, 3.63) is 46.5 Å². The topological polar surface area (TPSA) is 129 Å². The van der Waals surface area contributed by atoms with Gasteiger partial charge < -0.3 is 15.3 Å². The number of azo groups is 1. The first kappa shape index (κ1) is 13.3. The lowest BCUT2D eigenvalue weighted by atomic mass is 10.2. The fourth-order valence-corrected chi connectivity index (χ4v) is 1.39. The highest BCUT2D eigenvalue weighted by Gasteiger charge is 2.10. The molecule has 0 atom stereocenters. The maximum Gasteiger partial charge on any atom is 0.269 e. The molecular formula is C12H9N3O5. The van der Waals surface area contributed by atoms with Crippen LogP contribution in [0.4, 0.5) is 17.1 Å². The van der Waals surface area contributed by atoms with Crippen molar-refractivity contribution in [1.29, 1.82) is 0 Å². The van der Waals surface area contributed by atoms with Crippen molar-refractivity contribution in [2.75, 3.05) is 0 Å². The number of nitro benzene ring substituents is 1. The number of nitrogens with zero attached hydrogens (tertiary/aromatic N) is 3. The van der Waals surface area contributed by atoms with E-state index in [9.17, 15) is 20.3 Å². The van der Waals surface area contributed by atoms with Crippen LogP contribution in [0.2, 0.25) is 0 Å². The quantitative estimate of drug-likeness (QED) is 0.343. The summed E-state index contributed by atoms with van der Waals surface area (Å²) in [6, 6.07) is 7.72. The Bertz CT molecular complexity index is 682. The van der Waals surface area contributed by atoms with Crippen LogP contribution in [0.15, 0.2) is 46.6 Å². The molecule has 8 nitrogen and oxygen atoms in total. The van der Waals surface area contributed by atoms with Gasteiger partial charge in [-0.1, -0.05) is 0 Å². The predicted octanol–water partition coefficient (Wildman–Crippen LogP) is 3.13. The van der Waals surface area contributed by atoms with Gasteiger partial charge in [-0.05, 0) is 24.3 Å². The molecule has 0 saturated carbocycles. The van der Waals surface area contributed by atoms with E-state index in [4.69, 9.17) is 5.11 Å². The molecule has 0 spiro atoms. The Morgan fingerprint density at radius 1 is 0.900 bits per heavy atom. The Balaban J connectivity index is 2.25. The van der Waals surface area contributed by atoms with Crippen LogP contribution >= 0.6 is 0 Å². The molecule has 0 aliphatic heterocycles. The molecule has 20 heavy (non-hydrogen) atoms. The van der Waals surface area contributed by atoms with E-state index in [-0.39, 0.29) is 11.4 Å².